The summed E-state index contributed by atoms with van der Waals surface area (Å²) in [4.78, 5) is 13.9. The van der Waals surface area contributed by atoms with Crippen LogP contribution in [0.25, 0.3) is 0 Å². The summed E-state index contributed by atoms with van der Waals surface area (Å²) >= 11 is 0. The number of nitrogens with zero attached hydrogens (tertiary/aromatic N) is 1. The third kappa shape index (κ3) is 5.72. The lowest BCUT2D eigenvalue weighted by atomic mass is 10.2. The highest BCUT2D eigenvalue weighted by molar-refractivity contribution is 5.89. The SMILES string of the molecule is CCN(CC)CCNC(=O)Nc1ccc(CN)cc1. The third-order valence-electron chi connectivity index (χ3n) is 3.06. The Kier molecular flexibility index (Phi) is 6.92. The molecule has 0 aliphatic carbocycles. The van der Waals surface area contributed by atoms with Crippen LogP contribution in [0.4, 0.5) is 10.5 Å². The van der Waals surface area contributed by atoms with E-state index in [2.05, 4.69) is 29.4 Å². The first-order chi connectivity index (χ1) is 9.19. The molecule has 4 N–H and O–H groups in total. The predicted octanol–water partition coefficient (Wildman–Crippen LogP) is 1.61. The molecule has 1 aromatic carbocycles. The van der Waals surface area contributed by atoms with Crippen molar-refractivity contribution in [1.82, 2.24) is 10.2 Å². The highest BCUT2D eigenvalue weighted by Gasteiger charge is 2.03. The number of anilines is 1. The summed E-state index contributed by atoms with van der Waals surface area (Å²) in [5.41, 5.74) is 7.34. The topological polar surface area (TPSA) is 70.4 Å². The summed E-state index contributed by atoms with van der Waals surface area (Å²) in [6.07, 6.45) is 0. The van der Waals surface area contributed by atoms with E-state index in [1.807, 2.05) is 24.3 Å². The molecule has 0 aromatic heterocycles. The monoisotopic (exact) mass is 264 g/mol. The van der Waals surface area contributed by atoms with E-state index in [0.29, 0.717) is 13.1 Å². The largest absolute Gasteiger partial charge is 0.337 e. The Labute approximate surface area is 115 Å². The summed E-state index contributed by atoms with van der Waals surface area (Å²) in [5.74, 6) is 0. The van der Waals surface area contributed by atoms with Crippen LogP contribution in [-0.2, 0) is 6.54 Å². The Morgan fingerprint density at radius 3 is 2.37 bits per heavy atom. The molecular weight excluding hydrogens is 240 g/mol. The molecule has 0 unspecified atom stereocenters. The standard InChI is InChI=1S/C14H24N4O/c1-3-18(4-2)10-9-16-14(19)17-13-7-5-12(11-15)6-8-13/h5-8H,3-4,9-11,15H2,1-2H3,(H2,16,17,19). The number of benzene rings is 1. The number of hydrogen-bond acceptors (Lipinski definition) is 3. The van der Waals surface area contributed by atoms with Gasteiger partial charge in [0.15, 0.2) is 0 Å². The van der Waals surface area contributed by atoms with Crippen molar-refractivity contribution in [2.75, 3.05) is 31.5 Å². The van der Waals surface area contributed by atoms with Gasteiger partial charge in [-0.05, 0) is 30.8 Å². The lowest BCUT2D eigenvalue weighted by Crippen LogP contribution is -2.36. The number of nitrogens with two attached hydrogens (primary N) is 1. The van der Waals surface area contributed by atoms with Crippen LogP contribution in [0.15, 0.2) is 24.3 Å². The minimum Gasteiger partial charge on any atom is -0.337 e. The molecule has 1 rings (SSSR count). The molecule has 0 spiro atoms. The number of amides is 2. The van der Waals surface area contributed by atoms with Crippen LogP contribution in [-0.4, -0.2) is 37.1 Å². The molecule has 0 heterocycles. The van der Waals surface area contributed by atoms with Gasteiger partial charge in [-0.15, -0.1) is 0 Å². The van der Waals surface area contributed by atoms with Crippen molar-refractivity contribution in [2.24, 2.45) is 5.73 Å². The molecule has 0 radical (unpaired) electrons. The van der Waals surface area contributed by atoms with Crippen LogP contribution in [0.5, 0.6) is 0 Å². The van der Waals surface area contributed by atoms with Crippen LogP contribution in [0.3, 0.4) is 0 Å². The molecule has 0 aliphatic heterocycles. The summed E-state index contributed by atoms with van der Waals surface area (Å²) in [6, 6.07) is 7.35. The minimum absolute atomic E-state index is 0.173. The zero-order valence-electron chi connectivity index (χ0n) is 11.8. The molecule has 1 aromatic rings. The summed E-state index contributed by atoms with van der Waals surface area (Å²) in [7, 11) is 0. The van der Waals surface area contributed by atoms with Gasteiger partial charge in [0.1, 0.15) is 0 Å². The van der Waals surface area contributed by atoms with Crippen molar-refractivity contribution in [2.45, 2.75) is 20.4 Å². The third-order valence-corrected chi connectivity index (χ3v) is 3.06. The van der Waals surface area contributed by atoms with E-state index in [1.54, 1.807) is 0 Å². The molecule has 5 nitrogen and oxygen atoms in total. The number of nitrogens with one attached hydrogen (secondary N) is 2. The average Bonchev–Trinajstić information content (AvgIpc) is 2.44. The van der Waals surface area contributed by atoms with E-state index in [0.717, 1.165) is 30.9 Å². The Hall–Kier alpha value is -1.59. The number of rotatable bonds is 7. The second kappa shape index (κ2) is 8.50. The smallest absolute Gasteiger partial charge is 0.319 e. The molecular formula is C14H24N4O. The van der Waals surface area contributed by atoms with Gasteiger partial charge in [0.25, 0.3) is 0 Å². The fraction of sp³-hybridized carbons (Fsp3) is 0.500. The first kappa shape index (κ1) is 15.5. The second-order valence-electron chi connectivity index (χ2n) is 4.31. The maximum absolute atomic E-state index is 11.7. The lowest BCUT2D eigenvalue weighted by molar-refractivity contribution is 0.248. The van der Waals surface area contributed by atoms with Gasteiger partial charge in [0.05, 0.1) is 0 Å². The molecule has 0 saturated carbocycles. The molecule has 0 fully saturated rings. The highest BCUT2D eigenvalue weighted by Crippen LogP contribution is 2.08. The maximum atomic E-state index is 11.7. The molecule has 0 atom stereocenters. The molecule has 2 amide bonds. The van der Waals surface area contributed by atoms with E-state index in [4.69, 9.17) is 5.73 Å². The van der Waals surface area contributed by atoms with Gasteiger partial charge >= 0.3 is 6.03 Å². The van der Waals surface area contributed by atoms with Gasteiger partial charge in [0.2, 0.25) is 0 Å². The van der Waals surface area contributed by atoms with Gasteiger partial charge in [0, 0.05) is 25.3 Å². The molecule has 5 heteroatoms. The zero-order valence-corrected chi connectivity index (χ0v) is 11.8. The van der Waals surface area contributed by atoms with Gasteiger partial charge in [-0.25, -0.2) is 4.79 Å². The number of hydrogen-bond donors (Lipinski definition) is 3. The van der Waals surface area contributed by atoms with Crippen molar-refractivity contribution in [1.29, 1.82) is 0 Å². The molecule has 0 aliphatic rings. The van der Waals surface area contributed by atoms with Crippen molar-refractivity contribution in [3.8, 4) is 0 Å². The van der Waals surface area contributed by atoms with Crippen LogP contribution in [0, 0.1) is 0 Å². The predicted molar refractivity (Wildman–Crippen MR) is 79.1 cm³/mol. The number of likely N-dealkylation sites (N-methyl/N-ethyl adjacent to an activating group) is 1. The first-order valence-corrected chi connectivity index (χ1v) is 6.75. The van der Waals surface area contributed by atoms with Gasteiger partial charge in [-0.1, -0.05) is 26.0 Å². The summed E-state index contributed by atoms with van der Waals surface area (Å²) in [5, 5.41) is 5.64. The van der Waals surface area contributed by atoms with Crippen LogP contribution in [0.1, 0.15) is 19.4 Å². The van der Waals surface area contributed by atoms with Crippen molar-refractivity contribution >= 4 is 11.7 Å². The van der Waals surface area contributed by atoms with E-state index >= 15 is 0 Å². The Bertz CT molecular complexity index is 374. The lowest BCUT2D eigenvalue weighted by Gasteiger charge is -2.18. The number of urea groups is 1. The minimum atomic E-state index is -0.173. The molecule has 19 heavy (non-hydrogen) atoms. The van der Waals surface area contributed by atoms with E-state index < -0.39 is 0 Å². The maximum Gasteiger partial charge on any atom is 0.319 e. The number of carbonyl (C=O) groups excluding carboxylic acids is 1. The summed E-state index contributed by atoms with van der Waals surface area (Å²) in [6.45, 7) is 8.25. The first-order valence-electron chi connectivity index (χ1n) is 6.75. The van der Waals surface area contributed by atoms with Crippen molar-refractivity contribution in [3.63, 3.8) is 0 Å². The van der Waals surface area contributed by atoms with Crippen LogP contribution >= 0.6 is 0 Å². The van der Waals surface area contributed by atoms with Crippen molar-refractivity contribution in [3.05, 3.63) is 29.8 Å². The van der Waals surface area contributed by atoms with Gasteiger partial charge < -0.3 is 21.3 Å². The Morgan fingerprint density at radius 1 is 1.21 bits per heavy atom. The van der Waals surface area contributed by atoms with Crippen LogP contribution in [0.2, 0.25) is 0 Å². The van der Waals surface area contributed by atoms with Gasteiger partial charge in [-0.2, -0.15) is 0 Å². The zero-order chi connectivity index (χ0) is 14.1. The highest BCUT2D eigenvalue weighted by atomic mass is 16.2. The summed E-state index contributed by atoms with van der Waals surface area (Å²) < 4.78 is 0. The van der Waals surface area contributed by atoms with Gasteiger partial charge in [-0.3, -0.25) is 0 Å². The van der Waals surface area contributed by atoms with E-state index in [9.17, 15) is 4.79 Å². The quantitative estimate of drug-likeness (QED) is 0.700. The second-order valence-corrected chi connectivity index (χ2v) is 4.31. The van der Waals surface area contributed by atoms with E-state index in [-0.39, 0.29) is 6.03 Å². The Balaban J connectivity index is 2.30. The molecule has 0 saturated heterocycles. The fourth-order valence-electron chi connectivity index (χ4n) is 1.77. The normalized spacial score (nSPS) is 10.5. The number of carbonyl (C=O) groups is 1. The fourth-order valence-corrected chi connectivity index (χ4v) is 1.77. The molecule has 106 valence electrons. The van der Waals surface area contributed by atoms with Crippen molar-refractivity contribution < 1.29 is 4.79 Å². The van der Waals surface area contributed by atoms with Crippen LogP contribution < -0.4 is 16.4 Å². The van der Waals surface area contributed by atoms with E-state index in [1.165, 1.54) is 0 Å². The average molecular weight is 264 g/mol. The molecule has 0 bridgehead atoms. The Morgan fingerprint density at radius 2 is 1.84 bits per heavy atom.